The minimum Gasteiger partial charge on any atom is -0.439 e. The summed E-state index contributed by atoms with van der Waals surface area (Å²) in [5.74, 6) is 0. The Morgan fingerprint density at radius 3 is 1.11 bits per heavy atom. The van der Waals surface area contributed by atoms with Gasteiger partial charge < -0.3 is 18.6 Å². The molecule has 0 N–H and O–H groups in total. The van der Waals surface area contributed by atoms with Gasteiger partial charge in [0, 0.05) is 61.7 Å². The maximum Gasteiger partial charge on any atom is 0.216 e. The first-order chi connectivity index (χ1) is 33.7. The fourth-order valence-electron chi connectivity index (χ4n) is 10.8. The Hall–Kier alpha value is -7.50. The van der Waals surface area contributed by atoms with E-state index in [9.17, 15) is 0 Å². The zero-order chi connectivity index (χ0) is 49.5. The molecule has 0 saturated heterocycles. The highest BCUT2D eigenvalue weighted by molar-refractivity contribution is 6.31. The zero-order valence-electron chi connectivity index (χ0n) is 43.2. The van der Waals surface area contributed by atoms with Gasteiger partial charge in [0.15, 0.2) is 0 Å². The van der Waals surface area contributed by atoms with E-state index >= 15 is 0 Å². The van der Waals surface area contributed by atoms with Crippen LogP contribution in [-0.2, 0) is 21.7 Å². The van der Waals surface area contributed by atoms with Gasteiger partial charge in [-0.3, -0.25) is 0 Å². The number of benzene rings is 8. The normalized spacial score (nSPS) is 13.1. The summed E-state index contributed by atoms with van der Waals surface area (Å²) >= 11 is 0. The van der Waals surface area contributed by atoms with Crippen molar-refractivity contribution >= 4 is 105 Å². The maximum atomic E-state index is 7.06. The van der Waals surface area contributed by atoms with Crippen molar-refractivity contribution in [3.8, 4) is 0 Å². The van der Waals surface area contributed by atoms with Crippen molar-refractivity contribution in [1.29, 1.82) is 0 Å². The smallest absolute Gasteiger partial charge is 0.216 e. The van der Waals surface area contributed by atoms with Gasteiger partial charge in [-0.05, 0) is 140 Å². The van der Waals surface area contributed by atoms with E-state index in [1.165, 1.54) is 22.3 Å². The van der Waals surface area contributed by atoms with Crippen molar-refractivity contribution in [3.63, 3.8) is 0 Å². The Labute approximate surface area is 417 Å². The van der Waals surface area contributed by atoms with E-state index < -0.39 is 0 Å². The molecule has 0 radical (unpaired) electrons. The van der Waals surface area contributed by atoms with E-state index in [2.05, 4.69) is 261 Å². The number of rotatable bonds is 6. The Balaban J connectivity index is 0.992. The van der Waals surface area contributed by atoms with Gasteiger partial charge in [0.2, 0.25) is 11.4 Å². The van der Waals surface area contributed by atoms with Gasteiger partial charge in [-0.1, -0.05) is 156 Å². The summed E-state index contributed by atoms with van der Waals surface area (Å²) in [4.78, 5) is 4.71. The molecule has 0 atom stereocenters. The van der Waals surface area contributed by atoms with Crippen LogP contribution in [0.4, 0.5) is 34.1 Å². The largest absolute Gasteiger partial charge is 0.439 e. The number of anilines is 6. The van der Waals surface area contributed by atoms with Crippen LogP contribution in [0.3, 0.4) is 0 Å². The second kappa shape index (κ2) is 15.5. The highest BCUT2D eigenvalue weighted by Gasteiger charge is 2.28. The molecule has 0 fully saturated rings. The SMILES string of the molecule is CC(C)(C)c1ccc(N(c2ccc(C(C)(C)C)cc2)c2ccc3cc4c(cc3c2)oc2c4c3cccc4c5c6ccc(N(c7ccc(C(C)(C)C)cc7)c7ccc(C(C)(C)C)cc7)cc6oc5n2c43)cc1. The molecule has 0 amide bonds. The quantitative estimate of drug-likeness (QED) is 0.166. The highest BCUT2D eigenvalue weighted by atomic mass is 16.4. The average Bonchev–Trinajstić information content (AvgIpc) is 4.06. The second-order valence-corrected chi connectivity index (χ2v) is 24.0. The molecule has 4 heterocycles. The van der Waals surface area contributed by atoms with Gasteiger partial charge in [-0.2, -0.15) is 0 Å². The van der Waals surface area contributed by atoms with Crippen LogP contribution in [-0.4, -0.2) is 4.40 Å². The molecule has 0 aliphatic rings. The molecule has 354 valence electrons. The lowest BCUT2D eigenvalue weighted by molar-refractivity contribution is 0.590. The van der Waals surface area contributed by atoms with Crippen LogP contribution in [0.2, 0.25) is 0 Å². The number of aromatic nitrogens is 1. The third kappa shape index (κ3) is 7.34. The third-order valence-corrected chi connectivity index (χ3v) is 15.0. The number of hydrogen-bond acceptors (Lipinski definition) is 4. The summed E-state index contributed by atoms with van der Waals surface area (Å²) in [6, 6.07) is 60.7. The first kappa shape index (κ1) is 44.7. The Kier molecular flexibility index (Phi) is 9.76. The number of furan rings is 2. The van der Waals surface area contributed by atoms with Crippen LogP contribution >= 0.6 is 0 Å². The lowest BCUT2D eigenvalue weighted by Crippen LogP contribution is -2.14. The first-order valence-corrected chi connectivity index (χ1v) is 25.2. The maximum absolute atomic E-state index is 7.06. The van der Waals surface area contributed by atoms with Crippen LogP contribution in [0, 0.1) is 0 Å². The van der Waals surface area contributed by atoms with Crippen molar-refractivity contribution < 1.29 is 8.83 Å². The van der Waals surface area contributed by atoms with Crippen LogP contribution in [0.5, 0.6) is 0 Å². The van der Waals surface area contributed by atoms with Crippen molar-refractivity contribution in [2.45, 2.75) is 105 Å². The van der Waals surface area contributed by atoms with E-state index in [1.54, 1.807) is 0 Å². The predicted octanol–water partition coefficient (Wildman–Crippen LogP) is 19.6. The predicted molar refractivity (Wildman–Crippen MR) is 302 cm³/mol. The third-order valence-electron chi connectivity index (χ3n) is 15.0. The molecule has 0 aliphatic heterocycles. The molecular formula is C66H63N3O2. The number of nitrogens with zero attached hydrogens (tertiary/aromatic N) is 3. The van der Waals surface area contributed by atoms with Gasteiger partial charge in [-0.25, -0.2) is 4.40 Å². The van der Waals surface area contributed by atoms with Gasteiger partial charge in [0.25, 0.3) is 0 Å². The highest BCUT2D eigenvalue weighted by Crippen LogP contribution is 2.48. The van der Waals surface area contributed by atoms with Crippen LogP contribution < -0.4 is 9.80 Å². The fraction of sp³-hybridized carbons (Fsp3) is 0.242. The molecule has 8 aromatic carbocycles. The van der Waals surface area contributed by atoms with E-state index in [-0.39, 0.29) is 21.7 Å². The van der Waals surface area contributed by atoms with E-state index in [1.807, 2.05) is 0 Å². The Bertz CT molecular complexity index is 3870. The lowest BCUT2D eigenvalue weighted by Gasteiger charge is -2.28. The van der Waals surface area contributed by atoms with Gasteiger partial charge in [0.1, 0.15) is 11.2 Å². The molecule has 12 rings (SSSR count). The van der Waals surface area contributed by atoms with E-state index in [4.69, 9.17) is 8.83 Å². The Morgan fingerprint density at radius 2 is 0.690 bits per heavy atom. The number of fused-ring (bicyclic) bond motifs is 11. The summed E-state index contributed by atoms with van der Waals surface area (Å²) in [6.07, 6.45) is 0. The van der Waals surface area contributed by atoms with Crippen LogP contribution in [0.1, 0.15) is 105 Å². The molecule has 12 aromatic rings. The van der Waals surface area contributed by atoms with Gasteiger partial charge >= 0.3 is 0 Å². The fourth-order valence-corrected chi connectivity index (χ4v) is 10.8. The molecule has 0 spiro atoms. The second-order valence-electron chi connectivity index (χ2n) is 24.0. The molecule has 0 unspecified atom stereocenters. The van der Waals surface area contributed by atoms with Crippen molar-refractivity contribution in [1.82, 2.24) is 4.40 Å². The molecule has 0 aliphatic carbocycles. The molecule has 71 heavy (non-hydrogen) atoms. The van der Waals surface area contributed by atoms with Crippen LogP contribution in [0.25, 0.3) is 71.2 Å². The van der Waals surface area contributed by atoms with Crippen molar-refractivity contribution in [2.24, 2.45) is 0 Å². The minimum atomic E-state index is 0.0509. The summed E-state index contributed by atoms with van der Waals surface area (Å²) in [5, 5.41) is 8.99. The number of para-hydroxylation sites is 1. The lowest BCUT2D eigenvalue weighted by atomic mass is 9.86. The molecular weight excluding hydrogens is 867 g/mol. The molecule has 4 aromatic heterocycles. The standard InChI is InChI=1S/C66H63N3O2/c1-63(2,3)42-17-26-46(27-18-42)67(47-28-19-43(20-29-47)64(4,5)6)50-25-16-40-37-55-56(38-41(40)36-50)70-62-59(55)54-15-13-14-53-58-52-35-34-51(39-57(52)71-61(58)69(62)60(53)54)68(48-30-21-44(22-31-48)65(7,8)9)49-32-23-45(24-33-49)66(10,11)12/h13-39H,1-12H3. The Morgan fingerprint density at radius 1 is 0.324 bits per heavy atom. The van der Waals surface area contributed by atoms with Crippen LogP contribution in [0.15, 0.2) is 173 Å². The zero-order valence-corrected chi connectivity index (χ0v) is 43.2. The number of hydrogen-bond donors (Lipinski definition) is 0. The molecule has 5 heteroatoms. The first-order valence-electron chi connectivity index (χ1n) is 25.2. The summed E-state index contributed by atoms with van der Waals surface area (Å²) in [6.45, 7) is 27.2. The minimum absolute atomic E-state index is 0.0509. The van der Waals surface area contributed by atoms with Gasteiger partial charge in [0.05, 0.1) is 16.3 Å². The average molecular weight is 930 g/mol. The molecule has 5 nitrogen and oxygen atoms in total. The van der Waals surface area contributed by atoms with Crippen molar-refractivity contribution in [3.05, 3.63) is 186 Å². The van der Waals surface area contributed by atoms with E-state index in [0.29, 0.717) is 0 Å². The molecule has 0 bridgehead atoms. The topological polar surface area (TPSA) is 37.2 Å². The summed E-state index contributed by atoms with van der Waals surface area (Å²) < 4.78 is 16.3. The molecule has 0 saturated carbocycles. The summed E-state index contributed by atoms with van der Waals surface area (Å²) in [5.41, 5.74) is 16.4. The van der Waals surface area contributed by atoms with Crippen molar-refractivity contribution in [2.75, 3.05) is 9.80 Å². The van der Waals surface area contributed by atoms with Gasteiger partial charge in [-0.15, -0.1) is 0 Å². The summed E-state index contributed by atoms with van der Waals surface area (Å²) in [7, 11) is 0. The van der Waals surface area contributed by atoms with E-state index in [0.717, 1.165) is 105 Å². The monoisotopic (exact) mass is 929 g/mol.